The highest BCUT2D eigenvalue weighted by atomic mass is 32.2. The first kappa shape index (κ1) is 23.4. The normalized spacial score (nSPS) is 16.6. The highest BCUT2D eigenvalue weighted by Gasteiger charge is 2.38. The lowest BCUT2D eigenvalue weighted by Gasteiger charge is -2.39. The molecule has 5 nitrogen and oxygen atoms in total. The van der Waals surface area contributed by atoms with Gasteiger partial charge in [0, 0.05) is 13.1 Å². The highest BCUT2D eigenvalue weighted by Crippen LogP contribution is 2.41. The molecule has 2 aromatic carbocycles. The van der Waals surface area contributed by atoms with Gasteiger partial charge >= 0.3 is 0 Å². The van der Waals surface area contributed by atoms with E-state index in [-0.39, 0.29) is 11.2 Å². The van der Waals surface area contributed by atoms with Crippen LogP contribution in [0.25, 0.3) is 0 Å². The first-order valence-electron chi connectivity index (χ1n) is 10.5. The van der Waals surface area contributed by atoms with Crippen molar-refractivity contribution in [3.05, 3.63) is 71.3 Å². The number of nitrogens with zero attached hydrogens (tertiary/aromatic N) is 1. The molecule has 31 heavy (non-hydrogen) atoms. The Morgan fingerprint density at radius 3 is 1.68 bits per heavy atom. The fourth-order valence-electron chi connectivity index (χ4n) is 3.95. The lowest BCUT2D eigenvalue weighted by Crippen LogP contribution is -2.41. The first-order valence-corrected chi connectivity index (χ1v) is 12.1. The van der Waals surface area contributed by atoms with E-state index in [4.69, 9.17) is 9.47 Å². The summed E-state index contributed by atoms with van der Waals surface area (Å²) in [5, 5.41) is 0. The van der Waals surface area contributed by atoms with Crippen molar-refractivity contribution in [1.29, 1.82) is 0 Å². The lowest BCUT2D eigenvalue weighted by molar-refractivity contribution is 0.263. The maximum Gasteiger partial charge on any atom is 0.215 e. The van der Waals surface area contributed by atoms with Gasteiger partial charge < -0.3 is 9.47 Å². The van der Waals surface area contributed by atoms with Crippen LogP contribution in [0.15, 0.2) is 60.2 Å². The second-order valence-electron chi connectivity index (χ2n) is 9.03. The average molecular weight is 444 g/mol. The average Bonchev–Trinajstić information content (AvgIpc) is 2.71. The summed E-state index contributed by atoms with van der Waals surface area (Å²) in [6, 6.07) is 15.1. The van der Waals surface area contributed by atoms with E-state index in [0.717, 1.165) is 29.0 Å². The molecule has 1 unspecified atom stereocenters. The van der Waals surface area contributed by atoms with Crippen molar-refractivity contribution >= 4 is 10.0 Å². The van der Waals surface area contributed by atoms with Crippen molar-refractivity contribution in [1.82, 2.24) is 4.31 Å². The van der Waals surface area contributed by atoms with E-state index in [0.29, 0.717) is 19.0 Å². The minimum absolute atomic E-state index is 0.112. The lowest BCUT2D eigenvalue weighted by atomic mass is 9.70. The van der Waals surface area contributed by atoms with Crippen LogP contribution < -0.4 is 9.47 Å². The summed E-state index contributed by atoms with van der Waals surface area (Å²) in [5.74, 6) is 1.91. The molecule has 0 saturated heterocycles. The smallest absolute Gasteiger partial charge is 0.215 e. The van der Waals surface area contributed by atoms with Gasteiger partial charge in [-0.2, -0.15) is 4.31 Å². The zero-order valence-corrected chi connectivity index (χ0v) is 19.9. The van der Waals surface area contributed by atoms with Crippen LogP contribution in [0.3, 0.4) is 0 Å². The van der Waals surface area contributed by atoms with Crippen LogP contribution in [0, 0.1) is 11.3 Å². The molecule has 0 fully saturated rings. The molecular weight excluding hydrogens is 410 g/mol. The van der Waals surface area contributed by atoms with Crippen LogP contribution in [0.5, 0.6) is 11.5 Å². The molecule has 0 aromatic heterocycles. The Hall–Kier alpha value is -2.31. The second-order valence-corrected chi connectivity index (χ2v) is 11.0. The SMILES string of the molecule is COc1ccc(CN(Cc2ccc(OC)cc2)S(=O)(=O)CC(C)(C)C2C=C(C)C2)cc1. The molecule has 0 spiro atoms. The van der Waals surface area contributed by atoms with Gasteiger partial charge in [-0.25, -0.2) is 8.42 Å². The van der Waals surface area contributed by atoms with Gasteiger partial charge in [0.15, 0.2) is 0 Å². The number of allylic oxidation sites excluding steroid dienone is 2. The van der Waals surface area contributed by atoms with Crippen molar-refractivity contribution < 1.29 is 17.9 Å². The Kier molecular flexibility index (Phi) is 7.12. The molecule has 0 heterocycles. The third-order valence-corrected chi connectivity index (χ3v) is 8.17. The zero-order valence-electron chi connectivity index (χ0n) is 19.1. The maximum atomic E-state index is 13.6. The molecule has 3 rings (SSSR count). The summed E-state index contributed by atoms with van der Waals surface area (Å²) in [6.45, 7) is 6.83. The molecular formula is C25H33NO4S. The van der Waals surface area contributed by atoms with Crippen LogP contribution in [0.4, 0.5) is 0 Å². The van der Waals surface area contributed by atoms with Crippen LogP contribution in [0.2, 0.25) is 0 Å². The zero-order chi connectivity index (χ0) is 22.6. The van der Waals surface area contributed by atoms with Gasteiger partial charge in [-0.1, -0.05) is 49.8 Å². The maximum absolute atomic E-state index is 13.6. The van der Waals surface area contributed by atoms with E-state index in [1.807, 2.05) is 48.5 Å². The van der Waals surface area contributed by atoms with Gasteiger partial charge in [0.25, 0.3) is 0 Å². The molecule has 168 valence electrons. The summed E-state index contributed by atoms with van der Waals surface area (Å²) in [5.41, 5.74) is 2.87. The molecule has 1 aliphatic carbocycles. The predicted molar refractivity (Wildman–Crippen MR) is 125 cm³/mol. The third-order valence-electron chi connectivity index (χ3n) is 6.02. The van der Waals surface area contributed by atoms with Gasteiger partial charge in [0.1, 0.15) is 11.5 Å². The number of hydrogen-bond acceptors (Lipinski definition) is 4. The monoisotopic (exact) mass is 443 g/mol. The third kappa shape index (κ3) is 5.89. The molecule has 0 amide bonds. The minimum atomic E-state index is -3.50. The van der Waals surface area contributed by atoms with Gasteiger partial charge in [-0.05, 0) is 60.1 Å². The summed E-state index contributed by atoms with van der Waals surface area (Å²) in [6.07, 6.45) is 3.17. The molecule has 0 aliphatic heterocycles. The number of ether oxygens (including phenoxy) is 2. The number of benzene rings is 2. The van der Waals surface area contributed by atoms with Crippen molar-refractivity contribution in [2.24, 2.45) is 11.3 Å². The van der Waals surface area contributed by atoms with E-state index in [1.165, 1.54) is 5.57 Å². The Balaban J connectivity index is 1.85. The van der Waals surface area contributed by atoms with Crippen molar-refractivity contribution in [2.75, 3.05) is 20.0 Å². The quantitative estimate of drug-likeness (QED) is 0.484. The Labute approximate surface area is 186 Å². The van der Waals surface area contributed by atoms with E-state index in [1.54, 1.807) is 18.5 Å². The van der Waals surface area contributed by atoms with Crippen molar-refractivity contribution in [3.8, 4) is 11.5 Å². The Morgan fingerprint density at radius 2 is 1.32 bits per heavy atom. The second kappa shape index (κ2) is 9.45. The topological polar surface area (TPSA) is 55.8 Å². The fourth-order valence-corrected chi connectivity index (χ4v) is 5.98. The van der Waals surface area contributed by atoms with Gasteiger partial charge in [0.05, 0.1) is 20.0 Å². The molecule has 1 atom stereocenters. The molecule has 0 saturated carbocycles. The molecule has 0 bridgehead atoms. The summed E-state index contributed by atoms with van der Waals surface area (Å²) in [7, 11) is -0.267. The summed E-state index contributed by atoms with van der Waals surface area (Å²) < 4.78 is 39.2. The Morgan fingerprint density at radius 1 is 0.903 bits per heavy atom. The van der Waals surface area contributed by atoms with Crippen LogP contribution in [0.1, 0.15) is 38.3 Å². The van der Waals surface area contributed by atoms with Crippen LogP contribution in [-0.4, -0.2) is 32.7 Å². The summed E-state index contributed by atoms with van der Waals surface area (Å²) in [4.78, 5) is 0. The van der Waals surface area contributed by atoms with Crippen LogP contribution >= 0.6 is 0 Å². The number of sulfonamides is 1. The van der Waals surface area contributed by atoms with Gasteiger partial charge in [-0.15, -0.1) is 0 Å². The number of methoxy groups -OCH3 is 2. The Bertz CT molecular complexity index is 959. The van der Waals surface area contributed by atoms with Gasteiger partial charge in [0.2, 0.25) is 10.0 Å². The minimum Gasteiger partial charge on any atom is -0.497 e. The molecule has 6 heteroatoms. The molecule has 2 aromatic rings. The summed E-state index contributed by atoms with van der Waals surface area (Å²) >= 11 is 0. The van der Waals surface area contributed by atoms with Crippen molar-refractivity contribution in [3.63, 3.8) is 0 Å². The molecule has 0 N–H and O–H groups in total. The standard InChI is InChI=1S/C25H33NO4S/c1-19-14-22(15-19)25(2,3)18-31(27,28)26(16-20-6-10-23(29-4)11-7-20)17-21-8-12-24(30-5)13-9-21/h6-14,22H,15-18H2,1-5H3. The largest absolute Gasteiger partial charge is 0.497 e. The van der Waals surface area contributed by atoms with Crippen molar-refractivity contribution in [2.45, 2.75) is 40.3 Å². The van der Waals surface area contributed by atoms with E-state index >= 15 is 0 Å². The van der Waals surface area contributed by atoms with Crippen LogP contribution in [-0.2, 0) is 23.1 Å². The first-order chi connectivity index (χ1) is 14.6. The van der Waals surface area contributed by atoms with E-state index < -0.39 is 10.0 Å². The van der Waals surface area contributed by atoms with E-state index in [2.05, 4.69) is 26.8 Å². The molecule has 0 radical (unpaired) electrons. The van der Waals surface area contributed by atoms with E-state index in [9.17, 15) is 8.42 Å². The predicted octanol–water partition coefficient (Wildman–Crippen LogP) is 5.03. The number of hydrogen-bond donors (Lipinski definition) is 0. The molecule has 1 aliphatic rings. The number of rotatable bonds is 10. The highest BCUT2D eigenvalue weighted by molar-refractivity contribution is 7.89. The van der Waals surface area contributed by atoms with Gasteiger partial charge in [-0.3, -0.25) is 0 Å². The fraction of sp³-hybridized carbons (Fsp3) is 0.440.